The lowest BCUT2D eigenvalue weighted by Crippen LogP contribution is -2.43. The molecule has 0 aliphatic carbocycles. The standard InChI is InChI=1S/C23H17NO2S3/c25-20(27)19(15-9-3-1-4-10-15)23(22(26)28,16-11-5-2-6-12-16)21-24-17-13-7-8-14-18(17)29-21/h1-14,19H,(H,25,27)(H,26,28). The molecule has 144 valence electrons. The zero-order valence-corrected chi connectivity index (χ0v) is 17.8. The summed E-state index contributed by atoms with van der Waals surface area (Å²) < 4.78 is 0.941. The Morgan fingerprint density at radius 3 is 2.00 bits per heavy atom. The summed E-state index contributed by atoms with van der Waals surface area (Å²) in [4.78, 5) is 31.0. The first kappa shape index (κ1) is 19.9. The maximum absolute atomic E-state index is 13.3. The normalized spacial score (nSPS) is 14.3. The highest BCUT2D eigenvalue weighted by Crippen LogP contribution is 2.49. The molecule has 0 spiro atoms. The van der Waals surface area contributed by atoms with Crippen LogP contribution in [0.25, 0.3) is 10.2 Å². The van der Waals surface area contributed by atoms with Gasteiger partial charge in [-0.05, 0) is 23.3 Å². The summed E-state index contributed by atoms with van der Waals surface area (Å²) in [5, 5.41) is -0.332. The monoisotopic (exact) mass is 435 g/mol. The number of carbonyl (C=O) groups excluding carboxylic acids is 2. The number of fused-ring (bicyclic) bond motifs is 1. The lowest BCUT2D eigenvalue weighted by atomic mass is 9.69. The number of thiazole rings is 1. The largest absolute Gasteiger partial charge is 0.287 e. The number of para-hydroxylation sites is 1. The van der Waals surface area contributed by atoms with E-state index in [1.807, 2.05) is 84.9 Å². The lowest BCUT2D eigenvalue weighted by molar-refractivity contribution is -0.120. The van der Waals surface area contributed by atoms with Gasteiger partial charge in [-0.25, -0.2) is 4.98 Å². The van der Waals surface area contributed by atoms with Gasteiger partial charge >= 0.3 is 0 Å². The summed E-state index contributed by atoms with van der Waals surface area (Å²) >= 11 is 9.92. The van der Waals surface area contributed by atoms with Crippen molar-refractivity contribution in [1.82, 2.24) is 4.98 Å². The van der Waals surface area contributed by atoms with Gasteiger partial charge in [-0.3, -0.25) is 9.59 Å². The van der Waals surface area contributed by atoms with Crippen molar-refractivity contribution in [2.75, 3.05) is 0 Å². The predicted octanol–water partition coefficient (Wildman–Crippen LogP) is 5.28. The van der Waals surface area contributed by atoms with Crippen molar-refractivity contribution in [2.24, 2.45) is 0 Å². The van der Waals surface area contributed by atoms with Crippen LogP contribution >= 0.6 is 36.6 Å². The fourth-order valence-corrected chi connectivity index (χ4v) is 5.71. The molecule has 2 atom stereocenters. The number of rotatable bonds is 6. The minimum absolute atomic E-state index is 0.415. The number of thiol groups is 2. The highest BCUT2D eigenvalue weighted by atomic mass is 32.1. The molecule has 0 N–H and O–H groups in total. The van der Waals surface area contributed by atoms with Gasteiger partial charge in [0.2, 0.25) is 5.12 Å². The van der Waals surface area contributed by atoms with E-state index in [1.165, 1.54) is 11.3 Å². The van der Waals surface area contributed by atoms with Crippen molar-refractivity contribution in [2.45, 2.75) is 11.3 Å². The van der Waals surface area contributed by atoms with Crippen LogP contribution in [0.5, 0.6) is 0 Å². The van der Waals surface area contributed by atoms with Gasteiger partial charge in [0.25, 0.3) is 0 Å². The second-order valence-electron chi connectivity index (χ2n) is 6.65. The SMILES string of the molecule is O=C(S)C(c1ccccc1)C(C(=O)S)(c1ccccc1)c1nc2ccccc2s1. The Labute approximate surface area is 183 Å². The molecule has 1 heterocycles. The van der Waals surface area contributed by atoms with E-state index in [-0.39, 0.29) is 0 Å². The van der Waals surface area contributed by atoms with Crippen LogP contribution in [0.4, 0.5) is 0 Å². The molecular formula is C23H17NO2S3. The Hall–Kier alpha value is -2.41. The first-order valence-corrected chi connectivity index (χ1v) is 10.7. The lowest BCUT2D eigenvalue weighted by Gasteiger charge is -2.35. The molecule has 2 unspecified atom stereocenters. The molecule has 0 aliphatic rings. The molecule has 0 bridgehead atoms. The van der Waals surface area contributed by atoms with Crippen LogP contribution in [-0.4, -0.2) is 15.2 Å². The molecule has 4 rings (SSSR count). The Kier molecular flexibility index (Phi) is 5.58. The summed E-state index contributed by atoms with van der Waals surface area (Å²) in [6.07, 6.45) is 0. The van der Waals surface area contributed by atoms with E-state index in [0.29, 0.717) is 16.1 Å². The maximum Gasteiger partial charge on any atom is 0.204 e. The first-order chi connectivity index (χ1) is 14.0. The van der Waals surface area contributed by atoms with Gasteiger partial charge in [0.1, 0.15) is 10.4 Å². The van der Waals surface area contributed by atoms with Crippen molar-refractivity contribution < 1.29 is 9.59 Å². The Morgan fingerprint density at radius 1 is 0.828 bits per heavy atom. The third-order valence-electron chi connectivity index (χ3n) is 5.01. The topological polar surface area (TPSA) is 47.0 Å². The quantitative estimate of drug-likeness (QED) is 0.405. The Bertz CT molecular complexity index is 1140. The first-order valence-electron chi connectivity index (χ1n) is 8.98. The number of carbonyl (C=O) groups is 2. The van der Waals surface area contributed by atoms with Crippen LogP contribution in [0.2, 0.25) is 0 Å². The zero-order chi connectivity index (χ0) is 20.4. The highest BCUT2D eigenvalue weighted by Gasteiger charge is 2.52. The van der Waals surface area contributed by atoms with Crippen molar-refractivity contribution in [1.29, 1.82) is 0 Å². The number of aromatic nitrogens is 1. The van der Waals surface area contributed by atoms with Crippen molar-refractivity contribution in [3.8, 4) is 0 Å². The van der Waals surface area contributed by atoms with Gasteiger partial charge in [-0.2, -0.15) is 0 Å². The number of hydrogen-bond acceptors (Lipinski definition) is 4. The predicted molar refractivity (Wildman–Crippen MR) is 124 cm³/mol. The smallest absolute Gasteiger partial charge is 0.204 e. The third-order valence-corrected chi connectivity index (χ3v) is 6.79. The molecule has 3 nitrogen and oxygen atoms in total. The second kappa shape index (κ2) is 8.14. The molecule has 3 aromatic carbocycles. The maximum atomic E-state index is 13.3. The fourth-order valence-electron chi connectivity index (χ4n) is 3.72. The molecule has 1 aromatic heterocycles. The second-order valence-corrected chi connectivity index (χ2v) is 8.53. The molecule has 29 heavy (non-hydrogen) atoms. The van der Waals surface area contributed by atoms with Crippen LogP contribution in [-0.2, 0) is 15.0 Å². The van der Waals surface area contributed by atoms with Gasteiger partial charge in [-0.1, -0.05) is 72.8 Å². The van der Waals surface area contributed by atoms with Crippen molar-refractivity contribution in [3.05, 3.63) is 101 Å². The molecule has 0 saturated carbocycles. The molecule has 0 saturated heterocycles. The van der Waals surface area contributed by atoms with Gasteiger partial charge in [0.15, 0.2) is 5.12 Å². The summed E-state index contributed by atoms with van der Waals surface area (Å²) in [5.74, 6) is -0.875. The van der Waals surface area contributed by atoms with Crippen LogP contribution in [0.15, 0.2) is 84.9 Å². The molecule has 0 radical (unpaired) electrons. The Balaban J connectivity index is 2.10. The minimum Gasteiger partial charge on any atom is -0.287 e. The number of benzene rings is 3. The van der Waals surface area contributed by atoms with Gasteiger partial charge in [-0.15, -0.1) is 36.6 Å². The van der Waals surface area contributed by atoms with E-state index >= 15 is 0 Å². The van der Waals surface area contributed by atoms with E-state index in [1.54, 1.807) is 0 Å². The van der Waals surface area contributed by atoms with Crippen LogP contribution in [0.3, 0.4) is 0 Å². The molecule has 0 amide bonds. The molecule has 0 fully saturated rings. The minimum atomic E-state index is -1.39. The summed E-state index contributed by atoms with van der Waals surface area (Å²) in [5.41, 5.74) is 0.739. The zero-order valence-electron chi connectivity index (χ0n) is 15.2. The third kappa shape index (κ3) is 3.41. The van der Waals surface area contributed by atoms with Gasteiger partial charge in [0, 0.05) is 0 Å². The number of nitrogens with zero attached hydrogens (tertiary/aromatic N) is 1. The molecule has 0 aliphatic heterocycles. The van der Waals surface area contributed by atoms with Crippen LogP contribution < -0.4 is 0 Å². The molecule has 6 heteroatoms. The molecular weight excluding hydrogens is 418 g/mol. The van der Waals surface area contributed by atoms with Crippen LogP contribution in [0.1, 0.15) is 22.1 Å². The van der Waals surface area contributed by atoms with Crippen molar-refractivity contribution in [3.63, 3.8) is 0 Å². The summed E-state index contributed by atoms with van der Waals surface area (Å²) in [6, 6.07) is 26.1. The van der Waals surface area contributed by atoms with Crippen molar-refractivity contribution >= 4 is 57.0 Å². The van der Waals surface area contributed by atoms with E-state index in [9.17, 15) is 9.59 Å². The summed E-state index contributed by atoms with van der Waals surface area (Å²) in [6.45, 7) is 0. The average Bonchev–Trinajstić information content (AvgIpc) is 3.17. The molecule has 4 aromatic rings. The summed E-state index contributed by atoms with van der Waals surface area (Å²) in [7, 11) is 0. The average molecular weight is 436 g/mol. The number of hydrogen-bond donors (Lipinski definition) is 2. The van der Waals surface area contributed by atoms with E-state index in [4.69, 9.17) is 4.98 Å². The van der Waals surface area contributed by atoms with Gasteiger partial charge < -0.3 is 0 Å². The van der Waals surface area contributed by atoms with E-state index < -0.39 is 21.6 Å². The van der Waals surface area contributed by atoms with Gasteiger partial charge in [0.05, 0.1) is 16.1 Å². The Morgan fingerprint density at radius 2 is 1.41 bits per heavy atom. The highest BCUT2D eigenvalue weighted by molar-refractivity contribution is 7.97. The van der Waals surface area contributed by atoms with E-state index in [0.717, 1.165) is 10.2 Å². The fraction of sp³-hybridized carbons (Fsp3) is 0.0870. The van der Waals surface area contributed by atoms with Crippen LogP contribution in [0, 0.1) is 0 Å². The van der Waals surface area contributed by atoms with E-state index in [2.05, 4.69) is 25.3 Å².